The van der Waals surface area contributed by atoms with Crippen molar-refractivity contribution in [3.8, 4) is 22.4 Å². The van der Waals surface area contributed by atoms with Crippen molar-refractivity contribution in [3.05, 3.63) is 66.1 Å². The van der Waals surface area contributed by atoms with Crippen LogP contribution in [0.2, 0.25) is 0 Å². The highest BCUT2D eigenvalue weighted by atomic mass is 19.1. The van der Waals surface area contributed by atoms with Crippen LogP contribution in [0.4, 0.5) is 15.8 Å². The predicted molar refractivity (Wildman–Crippen MR) is 98.4 cm³/mol. The molecule has 3 rings (SSSR count). The third-order valence-electron chi connectivity index (χ3n) is 3.97. The largest absolute Gasteiger partial charge is 0.397 e. The Morgan fingerprint density at radius 3 is 2.58 bits per heavy atom. The Kier molecular flexibility index (Phi) is 4.47. The zero-order valence-corrected chi connectivity index (χ0v) is 13.8. The number of nitrogen functional groups attached to an aromatic ring is 1. The van der Waals surface area contributed by atoms with Gasteiger partial charge in [-0.1, -0.05) is 12.1 Å². The molecule has 0 fully saturated rings. The van der Waals surface area contributed by atoms with E-state index in [4.69, 9.17) is 5.73 Å². The van der Waals surface area contributed by atoms with Crippen LogP contribution in [0.25, 0.3) is 22.4 Å². The molecule has 1 heterocycles. The Bertz CT molecular complexity index is 875. The number of anilines is 2. The minimum Gasteiger partial charge on any atom is -0.397 e. The first kappa shape index (κ1) is 16.0. The van der Waals surface area contributed by atoms with Gasteiger partial charge in [0.1, 0.15) is 5.82 Å². The smallest absolute Gasteiger partial charge is 0.126 e. The molecule has 0 unspecified atom stereocenters. The van der Waals surface area contributed by atoms with E-state index in [0.29, 0.717) is 11.3 Å². The molecule has 1 aromatic heterocycles. The van der Waals surface area contributed by atoms with Crippen LogP contribution in [0.3, 0.4) is 0 Å². The Hall–Kier alpha value is -2.88. The van der Waals surface area contributed by atoms with Crippen molar-refractivity contribution in [2.24, 2.45) is 0 Å². The summed E-state index contributed by atoms with van der Waals surface area (Å²) in [7, 11) is 0. The summed E-state index contributed by atoms with van der Waals surface area (Å²) in [6.07, 6.45) is 1.74. The van der Waals surface area contributed by atoms with Gasteiger partial charge >= 0.3 is 0 Å². The van der Waals surface area contributed by atoms with Gasteiger partial charge in [-0.05, 0) is 61.4 Å². The zero-order chi connectivity index (χ0) is 17.1. The molecule has 0 aliphatic rings. The lowest BCUT2D eigenvalue weighted by atomic mass is 9.97. The number of hydrogen-bond acceptors (Lipinski definition) is 3. The highest BCUT2D eigenvalue weighted by Crippen LogP contribution is 2.33. The third kappa shape index (κ3) is 3.08. The lowest BCUT2D eigenvalue weighted by Gasteiger charge is -2.13. The molecule has 3 nitrogen and oxygen atoms in total. The SMILES string of the molecule is CCNc1ccc(-c2cccnc2-c2ccc(F)c(C)c2)cc1N. The van der Waals surface area contributed by atoms with Gasteiger partial charge in [0.2, 0.25) is 0 Å². The van der Waals surface area contributed by atoms with Gasteiger partial charge in [-0.3, -0.25) is 4.98 Å². The Morgan fingerprint density at radius 1 is 1.08 bits per heavy atom. The van der Waals surface area contributed by atoms with Crippen molar-refractivity contribution in [1.29, 1.82) is 0 Å². The van der Waals surface area contributed by atoms with Gasteiger partial charge in [-0.2, -0.15) is 0 Å². The highest BCUT2D eigenvalue weighted by molar-refractivity contribution is 5.84. The molecule has 4 heteroatoms. The van der Waals surface area contributed by atoms with Crippen LogP contribution in [-0.4, -0.2) is 11.5 Å². The molecule has 24 heavy (non-hydrogen) atoms. The van der Waals surface area contributed by atoms with Crippen LogP contribution in [0.5, 0.6) is 0 Å². The first-order valence-corrected chi connectivity index (χ1v) is 7.95. The fraction of sp³-hybridized carbons (Fsp3) is 0.150. The second-order valence-corrected chi connectivity index (χ2v) is 5.70. The number of rotatable bonds is 4. The van der Waals surface area contributed by atoms with E-state index >= 15 is 0 Å². The van der Waals surface area contributed by atoms with E-state index in [1.165, 1.54) is 6.07 Å². The monoisotopic (exact) mass is 321 g/mol. The van der Waals surface area contributed by atoms with Gasteiger partial charge in [0, 0.05) is 23.9 Å². The van der Waals surface area contributed by atoms with Crippen LogP contribution in [0, 0.1) is 12.7 Å². The molecule has 0 radical (unpaired) electrons. The maximum Gasteiger partial charge on any atom is 0.126 e. The van der Waals surface area contributed by atoms with Crippen LogP contribution in [-0.2, 0) is 0 Å². The predicted octanol–water partition coefficient (Wildman–Crippen LogP) is 4.88. The minimum absolute atomic E-state index is 0.213. The fourth-order valence-corrected chi connectivity index (χ4v) is 2.74. The molecule has 0 saturated heterocycles. The van der Waals surface area contributed by atoms with Crippen LogP contribution < -0.4 is 11.1 Å². The van der Waals surface area contributed by atoms with Crippen molar-refractivity contribution in [3.63, 3.8) is 0 Å². The summed E-state index contributed by atoms with van der Waals surface area (Å²) in [6, 6.07) is 14.9. The molecular weight excluding hydrogens is 301 g/mol. The van der Waals surface area contributed by atoms with E-state index in [-0.39, 0.29) is 5.82 Å². The lowest BCUT2D eigenvalue weighted by Crippen LogP contribution is -2.01. The van der Waals surface area contributed by atoms with Gasteiger partial charge in [0.25, 0.3) is 0 Å². The number of nitrogens with one attached hydrogen (secondary N) is 1. The number of aromatic nitrogens is 1. The molecule has 3 aromatic rings. The van der Waals surface area contributed by atoms with Gasteiger partial charge in [-0.25, -0.2) is 4.39 Å². The normalized spacial score (nSPS) is 10.6. The van der Waals surface area contributed by atoms with E-state index in [1.807, 2.05) is 43.3 Å². The zero-order valence-electron chi connectivity index (χ0n) is 13.8. The number of halogens is 1. The summed E-state index contributed by atoms with van der Waals surface area (Å²) in [5.74, 6) is -0.213. The maximum atomic E-state index is 13.6. The summed E-state index contributed by atoms with van der Waals surface area (Å²) in [6.45, 7) is 4.60. The van der Waals surface area contributed by atoms with Gasteiger partial charge in [0.15, 0.2) is 0 Å². The summed E-state index contributed by atoms with van der Waals surface area (Å²) in [4.78, 5) is 4.51. The first-order valence-electron chi connectivity index (χ1n) is 7.95. The number of pyridine rings is 1. The van der Waals surface area contributed by atoms with E-state index < -0.39 is 0 Å². The quantitative estimate of drug-likeness (QED) is 0.674. The van der Waals surface area contributed by atoms with Gasteiger partial charge in [0.05, 0.1) is 17.1 Å². The van der Waals surface area contributed by atoms with Crippen molar-refractivity contribution in [2.45, 2.75) is 13.8 Å². The summed E-state index contributed by atoms with van der Waals surface area (Å²) in [5, 5.41) is 3.23. The number of nitrogens with two attached hydrogens (primary N) is 1. The molecule has 122 valence electrons. The second-order valence-electron chi connectivity index (χ2n) is 5.70. The molecule has 0 aliphatic heterocycles. The first-order chi connectivity index (χ1) is 11.6. The standard InChI is InChI=1S/C20H20FN3/c1-3-23-19-9-7-14(12-18(19)22)16-5-4-10-24-20(16)15-6-8-17(21)13(2)11-15/h4-12,23H,3,22H2,1-2H3. The van der Waals surface area contributed by atoms with Crippen molar-refractivity contribution in [2.75, 3.05) is 17.6 Å². The summed E-state index contributed by atoms with van der Waals surface area (Å²) in [5.41, 5.74) is 12.0. The second kappa shape index (κ2) is 6.71. The Labute approximate surface area is 141 Å². The number of hydrogen-bond donors (Lipinski definition) is 2. The van der Waals surface area contributed by atoms with E-state index in [2.05, 4.69) is 10.3 Å². The van der Waals surface area contributed by atoms with E-state index in [1.54, 1.807) is 19.2 Å². The van der Waals surface area contributed by atoms with Crippen LogP contribution in [0.1, 0.15) is 12.5 Å². The average molecular weight is 321 g/mol. The number of benzene rings is 2. The molecule has 0 atom stereocenters. The number of aryl methyl sites for hydroxylation is 1. The van der Waals surface area contributed by atoms with Crippen LogP contribution >= 0.6 is 0 Å². The van der Waals surface area contributed by atoms with Crippen molar-refractivity contribution < 1.29 is 4.39 Å². The molecule has 0 spiro atoms. The minimum atomic E-state index is -0.213. The van der Waals surface area contributed by atoms with E-state index in [9.17, 15) is 4.39 Å². The summed E-state index contributed by atoms with van der Waals surface area (Å²) >= 11 is 0. The topological polar surface area (TPSA) is 50.9 Å². The molecule has 0 bridgehead atoms. The highest BCUT2D eigenvalue weighted by Gasteiger charge is 2.11. The van der Waals surface area contributed by atoms with Crippen molar-refractivity contribution in [1.82, 2.24) is 4.98 Å². The summed E-state index contributed by atoms with van der Waals surface area (Å²) < 4.78 is 13.6. The molecule has 0 amide bonds. The van der Waals surface area contributed by atoms with E-state index in [0.717, 1.165) is 34.6 Å². The Morgan fingerprint density at radius 2 is 1.88 bits per heavy atom. The van der Waals surface area contributed by atoms with Gasteiger partial charge in [-0.15, -0.1) is 0 Å². The average Bonchev–Trinajstić information content (AvgIpc) is 2.59. The third-order valence-corrected chi connectivity index (χ3v) is 3.97. The molecule has 0 aliphatic carbocycles. The maximum absolute atomic E-state index is 13.6. The molecule has 0 saturated carbocycles. The number of nitrogens with zero attached hydrogens (tertiary/aromatic N) is 1. The molecular formula is C20H20FN3. The lowest BCUT2D eigenvalue weighted by molar-refractivity contribution is 0.619. The Balaban J connectivity index is 2.09. The van der Waals surface area contributed by atoms with Crippen LogP contribution in [0.15, 0.2) is 54.7 Å². The fourth-order valence-electron chi connectivity index (χ4n) is 2.74. The van der Waals surface area contributed by atoms with Crippen molar-refractivity contribution >= 4 is 11.4 Å². The molecule has 3 N–H and O–H groups in total. The molecule has 2 aromatic carbocycles. The van der Waals surface area contributed by atoms with Gasteiger partial charge < -0.3 is 11.1 Å².